The van der Waals surface area contributed by atoms with Gasteiger partial charge in [0.1, 0.15) is 5.69 Å². The fourth-order valence-electron chi connectivity index (χ4n) is 3.44. The highest BCUT2D eigenvalue weighted by Crippen LogP contribution is 2.27. The Morgan fingerprint density at radius 3 is 2.77 bits per heavy atom. The van der Waals surface area contributed by atoms with Gasteiger partial charge in [0.05, 0.1) is 18.3 Å². The highest BCUT2D eigenvalue weighted by atomic mass is 32.2. The van der Waals surface area contributed by atoms with Crippen LogP contribution in [0.4, 0.5) is 8.78 Å². The standard InChI is InChI=1S/C20H19F2N5O2S/c1-11-6-23-20(30-2)25-17(11)16-9-26-8-13(10-28)27(19(29)18(26)24-16)7-12-3-4-14(21)15(22)5-12/h3-6,9,13,28H,7-8,10H2,1-2H3/t13-/m1/s1. The predicted molar refractivity (Wildman–Crippen MR) is 107 cm³/mol. The Morgan fingerprint density at radius 1 is 1.27 bits per heavy atom. The molecule has 3 heterocycles. The fraction of sp³-hybridized carbons (Fsp3) is 0.300. The maximum Gasteiger partial charge on any atom is 0.290 e. The second kappa shape index (κ2) is 8.11. The lowest BCUT2D eigenvalue weighted by Crippen LogP contribution is -2.49. The van der Waals surface area contributed by atoms with Gasteiger partial charge in [-0.25, -0.2) is 23.7 Å². The fourth-order valence-corrected chi connectivity index (χ4v) is 3.78. The van der Waals surface area contributed by atoms with Crippen LogP contribution in [0.25, 0.3) is 11.4 Å². The number of carbonyl (C=O) groups excluding carboxylic acids is 1. The minimum absolute atomic E-state index is 0.0343. The van der Waals surface area contributed by atoms with Gasteiger partial charge in [0, 0.05) is 25.5 Å². The molecule has 0 bridgehead atoms. The number of carbonyl (C=O) groups is 1. The van der Waals surface area contributed by atoms with Gasteiger partial charge < -0.3 is 14.6 Å². The van der Waals surface area contributed by atoms with Gasteiger partial charge in [0.2, 0.25) is 0 Å². The van der Waals surface area contributed by atoms with Crippen molar-refractivity contribution >= 4 is 17.7 Å². The Hall–Kier alpha value is -2.85. The molecule has 1 aliphatic rings. The molecule has 0 radical (unpaired) electrons. The van der Waals surface area contributed by atoms with Crippen molar-refractivity contribution in [3.8, 4) is 11.4 Å². The zero-order chi connectivity index (χ0) is 21.4. The third-order valence-electron chi connectivity index (χ3n) is 5.00. The highest BCUT2D eigenvalue weighted by Gasteiger charge is 2.34. The van der Waals surface area contributed by atoms with E-state index in [4.69, 9.17) is 0 Å². The Balaban J connectivity index is 1.68. The second-order valence-corrected chi connectivity index (χ2v) is 7.78. The number of halogens is 2. The van der Waals surface area contributed by atoms with Gasteiger partial charge in [-0.15, -0.1) is 0 Å². The molecule has 0 fully saturated rings. The highest BCUT2D eigenvalue weighted by molar-refractivity contribution is 7.98. The zero-order valence-electron chi connectivity index (χ0n) is 16.3. The van der Waals surface area contributed by atoms with Crippen molar-refractivity contribution < 1.29 is 18.7 Å². The van der Waals surface area contributed by atoms with Crippen LogP contribution in [0.15, 0.2) is 35.7 Å². The van der Waals surface area contributed by atoms with E-state index in [0.717, 1.165) is 17.7 Å². The van der Waals surface area contributed by atoms with Crippen molar-refractivity contribution in [1.29, 1.82) is 0 Å². The summed E-state index contributed by atoms with van der Waals surface area (Å²) in [5.41, 5.74) is 2.43. The summed E-state index contributed by atoms with van der Waals surface area (Å²) in [6.45, 7) is 1.96. The molecule has 1 N–H and O–H groups in total. The van der Waals surface area contributed by atoms with E-state index in [2.05, 4.69) is 15.0 Å². The lowest BCUT2D eigenvalue weighted by molar-refractivity contribution is 0.0451. The largest absolute Gasteiger partial charge is 0.394 e. The maximum absolute atomic E-state index is 13.6. The van der Waals surface area contributed by atoms with E-state index in [1.807, 2.05) is 13.2 Å². The van der Waals surface area contributed by atoms with Crippen LogP contribution in [0, 0.1) is 18.6 Å². The monoisotopic (exact) mass is 431 g/mol. The minimum Gasteiger partial charge on any atom is -0.394 e. The van der Waals surface area contributed by atoms with E-state index in [9.17, 15) is 18.7 Å². The normalized spacial score (nSPS) is 16.1. The molecule has 1 amide bonds. The van der Waals surface area contributed by atoms with E-state index >= 15 is 0 Å². The molecule has 0 saturated heterocycles. The molecule has 1 aromatic carbocycles. The summed E-state index contributed by atoms with van der Waals surface area (Å²) in [6.07, 6.45) is 5.32. The van der Waals surface area contributed by atoms with Crippen molar-refractivity contribution in [2.45, 2.75) is 31.2 Å². The van der Waals surface area contributed by atoms with Gasteiger partial charge >= 0.3 is 0 Å². The van der Waals surface area contributed by atoms with Gasteiger partial charge in [0.15, 0.2) is 22.6 Å². The number of aliphatic hydroxyl groups is 1. The van der Waals surface area contributed by atoms with Crippen molar-refractivity contribution in [1.82, 2.24) is 24.4 Å². The number of rotatable bonds is 5. The number of imidazole rings is 1. The number of aryl methyl sites for hydroxylation is 1. The molecule has 7 nitrogen and oxygen atoms in total. The molecule has 0 saturated carbocycles. The molecule has 0 unspecified atom stereocenters. The Kier molecular flexibility index (Phi) is 5.52. The topological polar surface area (TPSA) is 84.1 Å². The number of hydrogen-bond donors (Lipinski definition) is 1. The van der Waals surface area contributed by atoms with Crippen molar-refractivity contribution in [3.05, 3.63) is 59.2 Å². The SMILES string of the molecule is CSc1ncc(C)c(-c2cn3c(n2)C(=O)N(Cc2ccc(F)c(F)c2)[C@@H](CO)C3)n1. The predicted octanol–water partition coefficient (Wildman–Crippen LogP) is 2.67. The molecular formula is C20H19F2N5O2S. The third-order valence-corrected chi connectivity index (χ3v) is 5.56. The molecule has 156 valence electrons. The lowest BCUT2D eigenvalue weighted by atomic mass is 10.1. The average Bonchev–Trinajstić information content (AvgIpc) is 3.17. The summed E-state index contributed by atoms with van der Waals surface area (Å²) in [6, 6.07) is 2.97. The van der Waals surface area contributed by atoms with Gasteiger partial charge in [-0.2, -0.15) is 0 Å². The van der Waals surface area contributed by atoms with Gasteiger partial charge in [0.25, 0.3) is 5.91 Å². The molecule has 3 aromatic rings. The van der Waals surface area contributed by atoms with Crippen LogP contribution in [0.3, 0.4) is 0 Å². The summed E-state index contributed by atoms with van der Waals surface area (Å²) in [5, 5.41) is 10.4. The maximum atomic E-state index is 13.6. The number of aromatic nitrogens is 4. The molecule has 30 heavy (non-hydrogen) atoms. The Morgan fingerprint density at radius 2 is 2.07 bits per heavy atom. The van der Waals surface area contributed by atoms with Crippen LogP contribution in [0.2, 0.25) is 0 Å². The number of amides is 1. The first kappa shape index (κ1) is 20.4. The Bertz CT molecular complexity index is 1120. The first-order valence-electron chi connectivity index (χ1n) is 9.22. The van der Waals surface area contributed by atoms with E-state index in [1.165, 1.54) is 22.7 Å². The van der Waals surface area contributed by atoms with Gasteiger partial charge in [-0.05, 0) is 36.4 Å². The van der Waals surface area contributed by atoms with Crippen molar-refractivity contribution in [2.24, 2.45) is 0 Å². The minimum atomic E-state index is -0.981. The number of benzene rings is 1. The molecule has 10 heteroatoms. The van der Waals surface area contributed by atoms with E-state index in [-0.39, 0.29) is 19.0 Å². The average molecular weight is 431 g/mol. The first-order valence-corrected chi connectivity index (χ1v) is 10.4. The van der Waals surface area contributed by atoms with Crippen LogP contribution in [-0.2, 0) is 13.1 Å². The van der Waals surface area contributed by atoms with E-state index in [0.29, 0.717) is 28.7 Å². The molecule has 1 atom stereocenters. The number of fused-ring (bicyclic) bond motifs is 1. The molecule has 0 aliphatic carbocycles. The van der Waals surface area contributed by atoms with Crippen molar-refractivity contribution in [2.75, 3.05) is 12.9 Å². The summed E-state index contributed by atoms with van der Waals surface area (Å²) in [7, 11) is 0. The van der Waals surface area contributed by atoms with Crippen molar-refractivity contribution in [3.63, 3.8) is 0 Å². The summed E-state index contributed by atoms with van der Waals surface area (Å²) >= 11 is 1.41. The van der Waals surface area contributed by atoms with Crippen LogP contribution in [-0.4, -0.2) is 54.3 Å². The number of thioether (sulfide) groups is 1. The van der Waals surface area contributed by atoms with Crippen LogP contribution in [0.1, 0.15) is 21.7 Å². The third kappa shape index (κ3) is 3.68. The molecular weight excluding hydrogens is 412 g/mol. The zero-order valence-corrected chi connectivity index (χ0v) is 17.2. The lowest BCUT2D eigenvalue weighted by Gasteiger charge is -2.34. The molecule has 0 spiro atoms. The smallest absolute Gasteiger partial charge is 0.290 e. The summed E-state index contributed by atoms with van der Waals surface area (Å²) in [4.78, 5) is 27.8. The molecule has 1 aliphatic heterocycles. The molecule has 2 aromatic heterocycles. The van der Waals surface area contributed by atoms with E-state index in [1.54, 1.807) is 17.0 Å². The molecule has 4 rings (SSSR count). The quantitative estimate of drug-likeness (QED) is 0.494. The first-order chi connectivity index (χ1) is 14.4. The van der Waals surface area contributed by atoms with Crippen LogP contribution >= 0.6 is 11.8 Å². The van der Waals surface area contributed by atoms with Crippen LogP contribution in [0.5, 0.6) is 0 Å². The summed E-state index contributed by atoms with van der Waals surface area (Å²) in [5.74, 6) is -2.12. The van der Waals surface area contributed by atoms with Gasteiger partial charge in [-0.3, -0.25) is 4.79 Å². The Labute approximate surface area is 175 Å². The van der Waals surface area contributed by atoms with Crippen LogP contribution < -0.4 is 0 Å². The number of aliphatic hydroxyl groups excluding tert-OH is 1. The van der Waals surface area contributed by atoms with Gasteiger partial charge in [-0.1, -0.05) is 17.8 Å². The second-order valence-electron chi connectivity index (χ2n) is 7.01. The number of nitrogens with zero attached hydrogens (tertiary/aromatic N) is 5. The number of hydrogen-bond acceptors (Lipinski definition) is 6. The van der Waals surface area contributed by atoms with E-state index < -0.39 is 23.6 Å². The summed E-state index contributed by atoms with van der Waals surface area (Å²) < 4.78 is 28.5.